The number of carbonyl (C=O) groups is 1. The molecule has 0 fully saturated rings. The van der Waals surface area contributed by atoms with Crippen LogP contribution in [0, 0.1) is 0 Å². The van der Waals surface area contributed by atoms with E-state index in [2.05, 4.69) is 116 Å². The Hall–Kier alpha value is -2.84. The molecule has 0 aliphatic carbocycles. The molecule has 0 spiro atoms. The number of hydrogen-bond acceptors (Lipinski definition) is 5. The second-order valence-electron chi connectivity index (χ2n) is 22.0. The molecule has 3 atom stereocenters. The van der Waals surface area contributed by atoms with Crippen molar-refractivity contribution >= 4 is 13.7 Å². The van der Waals surface area contributed by atoms with E-state index < -0.39 is 20.0 Å². The van der Waals surface area contributed by atoms with Crippen molar-refractivity contribution in [3.05, 3.63) is 109 Å². The van der Waals surface area contributed by atoms with E-state index in [0.29, 0.717) is 17.4 Å². The van der Waals surface area contributed by atoms with Crippen LogP contribution in [0.4, 0.5) is 0 Å². The van der Waals surface area contributed by atoms with Gasteiger partial charge in [0.2, 0.25) is 5.91 Å². The molecule has 8 nitrogen and oxygen atoms in total. The van der Waals surface area contributed by atoms with Crippen molar-refractivity contribution in [1.82, 2.24) is 5.32 Å². The third-order valence-corrected chi connectivity index (χ3v) is 14.4. The number of nitrogens with zero attached hydrogens (tertiary/aromatic N) is 1. The number of aliphatic hydroxyl groups excluding tert-OH is 1. The lowest BCUT2D eigenvalue weighted by molar-refractivity contribution is -0.870. The second kappa shape index (κ2) is 56.9. The highest BCUT2D eigenvalue weighted by molar-refractivity contribution is 7.47. The van der Waals surface area contributed by atoms with Crippen LogP contribution in [0.15, 0.2) is 109 Å². The van der Waals surface area contributed by atoms with Crippen LogP contribution in [0.5, 0.6) is 0 Å². The van der Waals surface area contributed by atoms with Crippen molar-refractivity contribution in [3.63, 3.8) is 0 Å². The average Bonchev–Trinajstić information content (AvgIpc) is 3.38. The van der Waals surface area contributed by atoms with Crippen LogP contribution in [-0.4, -0.2) is 73.4 Å². The first-order valence-electron chi connectivity index (χ1n) is 31.3. The summed E-state index contributed by atoms with van der Waals surface area (Å²) in [6.07, 6.45) is 83.6. The normalized spacial score (nSPS) is 14.6. The van der Waals surface area contributed by atoms with Gasteiger partial charge in [-0.3, -0.25) is 13.8 Å². The largest absolute Gasteiger partial charge is 0.472 e. The van der Waals surface area contributed by atoms with E-state index in [0.717, 1.165) is 103 Å². The van der Waals surface area contributed by atoms with Gasteiger partial charge in [0.05, 0.1) is 39.9 Å². The van der Waals surface area contributed by atoms with E-state index in [1.165, 1.54) is 135 Å². The van der Waals surface area contributed by atoms with Gasteiger partial charge in [-0.25, -0.2) is 4.57 Å². The van der Waals surface area contributed by atoms with Gasteiger partial charge in [-0.2, -0.15) is 0 Å². The minimum Gasteiger partial charge on any atom is -0.387 e. The van der Waals surface area contributed by atoms with Crippen molar-refractivity contribution in [2.24, 2.45) is 0 Å². The first-order chi connectivity index (χ1) is 37.0. The number of unbranched alkanes of at least 4 members (excludes halogenated alkanes) is 27. The summed E-state index contributed by atoms with van der Waals surface area (Å²) >= 11 is 0. The van der Waals surface area contributed by atoms with Crippen LogP contribution < -0.4 is 5.32 Å². The van der Waals surface area contributed by atoms with Crippen LogP contribution in [-0.2, 0) is 18.4 Å². The van der Waals surface area contributed by atoms with Gasteiger partial charge < -0.3 is 19.8 Å². The zero-order chi connectivity index (χ0) is 55.6. The molecule has 0 aliphatic heterocycles. The monoisotopic (exact) mass is 1080 g/mol. The minimum absolute atomic E-state index is 0.0444. The van der Waals surface area contributed by atoms with Gasteiger partial charge in [-0.1, -0.05) is 264 Å². The average molecular weight is 1080 g/mol. The van der Waals surface area contributed by atoms with Crippen LogP contribution in [0.25, 0.3) is 0 Å². The number of nitrogens with one attached hydrogen (secondary N) is 1. The summed E-state index contributed by atoms with van der Waals surface area (Å²) in [5.41, 5.74) is 0. The number of hydrogen-bond donors (Lipinski definition) is 3. The molecule has 1 amide bonds. The van der Waals surface area contributed by atoms with Gasteiger partial charge >= 0.3 is 7.82 Å². The highest BCUT2D eigenvalue weighted by Gasteiger charge is 2.27. The van der Waals surface area contributed by atoms with E-state index in [9.17, 15) is 19.4 Å². The molecule has 0 aromatic rings. The lowest BCUT2D eigenvalue weighted by Crippen LogP contribution is -2.45. The molecule has 0 radical (unpaired) electrons. The highest BCUT2D eigenvalue weighted by atomic mass is 31.2. The van der Waals surface area contributed by atoms with Crippen molar-refractivity contribution < 1.29 is 32.9 Å². The number of allylic oxidation sites excluding steroid dienone is 17. The maximum atomic E-state index is 13.0. The summed E-state index contributed by atoms with van der Waals surface area (Å²) in [6.45, 7) is 4.67. The van der Waals surface area contributed by atoms with Crippen LogP contribution >= 0.6 is 7.82 Å². The number of phosphoric ester groups is 1. The van der Waals surface area contributed by atoms with E-state index in [4.69, 9.17) is 9.05 Å². The summed E-state index contributed by atoms with van der Waals surface area (Å²) < 4.78 is 23.7. The molecule has 3 unspecified atom stereocenters. The molecule has 3 N–H and O–H groups in total. The third kappa shape index (κ3) is 58.8. The molecule has 76 heavy (non-hydrogen) atoms. The van der Waals surface area contributed by atoms with Gasteiger partial charge in [0.15, 0.2) is 0 Å². The number of amides is 1. The maximum Gasteiger partial charge on any atom is 0.472 e. The first kappa shape index (κ1) is 73.2. The number of rotatable bonds is 56. The molecule has 9 heteroatoms. The van der Waals surface area contributed by atoms with Gasteiger partial charge in [-0.05, 0) is 96.3 Å². The van der Waals surface area contributed by atoms with Crippen molar-refractivity contribution in [2.45, 2.75) is 270 Å². The Balaban J connectivity index is 4.29. The molecular weight excluding hydrogens is 960 g/mol. The summed E-state index contributed by atoms with van der Waals surface area (Å²) in [5.74, 6) is -0.208. The maximum absolute atomic E-state index is 13.0. The predicted octanol–water partition coefficient (Wildman–Crippen LogP) is 19.5. The Bertz CT molecular complexity index is 1600. The lowest BCUT2D eigenvalue weighted by Gasteiger charge is -2.25. The van der Waals surface area contributed by atoms with Crippen LogP contribution in [0.2, 0.25) is 0 Å². The van der Waals surface area contributed by atoms with Crippen molar-refractivity contribution in [3.8, 4) is 0 Å². The Morgan fingerprint density at radius 3 is 1.21 bits per heavy atom. The summed E-state index contributed by atoms with van der Waals surface area (Å²) in [7, 11) is 1.52. The zero-order valence-corrected chi connectivity index (χ0v) is 50.9. The summed E-state index contributed by atoms with van der Waals surface area (Å²) in [5, 5.41) is 13.9. The van der Waals surface area contributed by atoms with Crippen LogP contribution in [0.1, 0.15) is 258 Å². The number of phosphoric acid groups is 1. The molecule has 0 aliphatic rings. The fraction of sp³-hybridized carbons (Fsp3) is 0.716. The Kier molecular flexibility index (Phi) is 54.7. The predicted molar refractivity (Wildman–Crippen MR) is 332 cm³/mol. The molecule has 0 aromatic carbocycles. The van der Waals surface area contributed by atoms with Crippen LogP contribution in [0.3, 0.4) is 0 Å². The SMILES string of the molecule is CC/C=C\C/C=C\C/C=C\C/C=C\C/C=C\C/C=C\CCCCCCCCC(=O)NC(COP(=O)(O)OCC[N+](C)(C)C)C(O)/C=C/CC/C=C/CC/C=C/CCCCCCCCCCCCCCCCCCCCC. The molecule has 438 valence electrons. The summed E-state index contributed by atoms with van der Waals surface area (Å²) in [6, 6.07) is -0.888. The molecule has 0 saturated heterocycles. The fourth-order valence-corrected chi connectivity index (χ4v) is 9.34. The second-order valence-corrected chi connectivity index (χ2v) is 23.5. The van der Waals surface area contributed by atoms with E-state index in [1.54, 1.807) is 6.08 Å². The minimum atomic E-state index is -4.38. The van der Waals surface area contributed by atoms with Gasteiger partial charge in [0, 0.05) is 6.42 Å². The summed E-state index contributed by atoms with van der Waals surface area (Å²) in [4.78, 5) is 23.3. The standard InChI is InChI=1S/C67H119N2O6P/c1-6-8-10-12-14-16-18-20-22-24-26-28-30-32-33-34-35-37-38-40-42-44-46-48-50-52-54-56-58-60-66(70)65(64-75-76(72,73)74-63-62-69(3,4)5)68-67(71)61-59-57-55-53-51-49-47-45-43-41-39-36-31-29-27-25-23-21-19-17-15-13-11-9-7-2/h9,11,15,17,21,23,27,29,36,39,42-45,50,52,58,60,65-66,70H,6-8,10,12-14,16,18-20,22,24-26,28,30-35,37-38,40-41,46-49,51,53-57,59,61-64H2,1-5H3,(H-,68,71,72,73)/p+1/b11-9-,17-15-,23-21-,29-27-,39-36-,44-42+,45-43-,52-50+,60-58+. The Morgan fingerprint density at radius 1 is 0.461 bits per heavy atom. The van der Waals surface area contributed by atoms with E-state index in [1.807, 2.05) is 27.2 Å². The van der Waals surface area contributed by atoms with Crippen molar-refractivity contribution in [2.75, 3.05) is 40.9 Å². The topological polar surface area (TPSA) is 105 Å². The molecule has 0 saturated carbocycles. The molecule has 0 aromatic heterocycles. The quantitative estimate of drug-likeness (QED) is 0.0243. The zero-order valence-electron chi connectivity index (χ0n) is 50.0. The van der Waals surface area contributed by atoms with Gasteiger partial charge in [-0.15, -0.1) is 0 Å². The molecule has 0 bridgehead atoms. The number of carbonyl (C=O) groups excluding carboxylic acids is 1. The molecular formula is C67H120N2O6P+. The molecule has 0 heterocycles. The van der Waals surface area contributed by atoms with E-state index >= 15 is 0 Å². The van der Waals surface area contributed by atoms with E-state index in [-0.39, 0.29) is 19.1 Å². The lowest BCUT2D eigenvalue weighted by atomic mass is 10.0. The highest BCUT2D eigenvalue weighted by Crippen LogP contribution is 2.43. The van der Waals surface area contributed by atoms with Gasteiger partial charge in [0.1, 0.15) is 13.2 Å². The first-order valence-corrected chi connectivity index (χ1v) is 32.8. The number of likely N-dealkylation sites (N-methyl/N-ethyl adjacent to an activating group) is 1. The van der Waals surface area contributed by atoms with Crippen molar-refractivity contribution in [1.29, 1.82) is 0 Å². The number of quaternary nitrogens is 1. The smallest absolute Gasteiger partial charge is 0.387 e. The van der Waals surface area contributed by atoms with Gasteiger partial charge in [0.25, 0.3) is 0 Å². The number of aliphatic hydroxyl groups is 1. The third-order valence-electron chi connectivity index (χ3n) is 13.5. The fourth-order valence-electron chi connectivity index (χ4n) is 8.61. The Morgan fingerprint density at radius 2 is 0.803 bits per heavy atom. The molecule has 0 rings (SSSR count). The Labute approximate surface area is 470 Å².